The van der Waals surface area contributed by atoms with Gasteiger partial charge >= 0.3 is 6.18 Å². The zero-order valence-corrected chi connectivity index (χ0v) is 17.2. The first-order chi connectivity index (χ1) is 14.0. The summed E-state index contributed by atoms with van der Waals surface area (Å²) in [6.07, 6.45) is -2.64. The molecule has 0 radical (unpaired) electrons. The standard InChI is InChI=1S/C17H15Cl2F4N5O2/c1-27-15(20)12(14(25-27)17(21,22)23)16(29)28(9-3-4-9)7-11(26-30-2)13-10(19)5-8(18)6-24-13/h5-6,9H,3-4,7H2,1-2H3. The van der Waals surface area contributed by atoms with E-state index < -0.39 is 35.3 Å². The first kappa shape index (κ1) is 22.3. The number of nitrogens with zero attached hydrogens (tertiary/aromatic N) is 5. The Labute approximate surface area is 178 Å². The highest BCUT2D eigenvalue weighted by Crippen LogP contribution is 2.35. The van der Waals surface area contributed by atoms with Crippen molar-refractivity contribution in [3.63, 3.8) is 0 Å². The minimum atomic E-state index is -5.01. The summed E-state index contributed by atoms with van der Waals surface area (Å²) < 4.78 is 54.8. The number of carbonyl (C=O) groups is 1. The molecule has 1 amide bonds. The van der Waals surface area contributed by atoms with Crippen molar-refractivity contribution in [1.82, 2.24) is 19.7 Å². The van der Waals surface area contributed by atoms with E-state index in [0.717, 1.165) is 11.9 Å². The topological polar surface area (TPSA) is 72.6 Å². The number of rotatable bonds is 6. The highest BCUT2D eigenvalue weighted by molar-refractivity contribution is 6.36. The van der Waals surface area contributed by atoms with Gasteiger partial charge in [-0.2, -0.15) is 22.7 Å². The van der Waals surface area contributed by atoms with Crippen molar-refractivity contribution in [1.29, 1.82) is 0 Å². The van der Waals surface area contributed by atoms with E-state index in [1.165, 1.54) is 19.4 Å². The minimum Gasteiger partial charge on any atom is -0.399 e. The molecule has 0 atom stereocenters. The van der Waals surface area contributed by atoms with Crippen molar-refractivity contribution in [3.05, 3.63) is 45.2 Å². The van der Waals surface area contributed by atoms with Crippen molar-refractivity contribution in [3.8, 4) is 0 Å². The Bertz CT molecular complexity index is 1000. The summed E-state index contributed by atoms with van der Waals surface area (Å²) in [7, 11) is 2.23. The second-order valence-electron chi connectivity index (χ2n) is 6.50. The monoisotopic (exact) mass is 467 g/mol. The van der Waals surface area contributed by atoms with Gasteiger partial charge in [0.1, 0.15) is 24.1 Å². The van der Waals surface area contributed by atoms with Crippen molar-refractivity contribution in [2.24, 2.45) is 12.2 Å². The van der Waals surface area contributed by atoms with E-state index in [0.29, 0.717) is 17.5 Å². The summed E-state index contributed by atoms with van der Waals surface area (Å²) in [6.45, 7) is -0.308. The van der Waals surface area contributed by atoms with Crippen LogP contribution in [0.4, 0.5) is 17.6 Å². The molecule has 7 nitrogen and oxygen atoms in total. The quantitative estimate of drug-likeness (QED) is 0.366. The molecule has 3 rings (SSSR count). The molecule has 1 fully saturated rings. The van der Waals surface area contributed by atoms with Gasteiger partial charge in [-0.15, -0.1) is 0 Å². The maximum Gasteiger partial charge on any atom is 0.436 e. The van der Waals surface area contributed by atoms with Gasteiger partial charge in [0.2, 0.25) is 5.95 Å². The second kappa shape index (κ2) is 8.38. The smallest absolute Gasteiger partial charge is 0.399 e. The summed E-state index contributed by atoms with van der Waals surface area (Å²) in [6, 6.07) is 0.994. The maximum atomic E-state index is 14.4. The normalized spacial score (nSPS) is 14.7. The molecule has 1 saturated carbocycles. The Balaban J connectivity index is 2.01. The Morgan fingerprint density at radius 2 is 2.07 bits per heavy atom. The SMILES string of the molecule is CON=C(CN(C(=O)c1c(C(F)(F)F)nn(C)c1F)C1CC1)c1ncc(Cl)cc1Cl. The number of alkyl halides is 3. The highest BCUT2D eigenvalue weighted by Gasteiger charge is 2.45. The van der Waals surface area contributed by atoms with Crippen LogP contribution in [-0.4, -0.2) is 51.0 Å². The van der Waals surface area contributed by atoms with E-state index in [1.807, 2.05) is 0 Å². The van der Waals surface area contributed by atoms with E-state index in [9.17, 15) is 22.4 Å². The van der Waals surface area contributed by atoms with Crippen LogP contribution in [0, 0.1) is 5.95 Å². The third-order valence-electron chi connectivity index (χ3n) is 4.31. The molecule has 0 saturated heterocycles. The van der Waals surface area contributed by atoms with E-state index >= 15 is 0 Å². The predicted molar refractivity (Wildman–Crippen MR) is 100 cm³/mol. The molecule has 162 valence electrons. The average molecular weight is 468 g/mol. The van der Waals surface area contributed by atoms with Crippen LogP contribution in [0.25, 0.3) is 0 Å². The highest BCUT2D eigenvalue weighted by atomic mass is 35.5. The zero-order valence-electron chi connectivity index (χ0n) is 15.7. The van der Waals surface area contributed by atoms with Crippen LogP contribution in [0.15, 0.2) is 17.4 Å². The van der Waals surface area contributed by atoms with Gasteiger partial charge in [-0.1, -0.05) is 28.4 Å². The number of aryl methyl sites for hydroxylation is 1. The summed E-state index contributed by atoms with van der Waals surface area (Å²) in [5.41, 5.74) is -2.55. The fourth-order valence-corrected chi connectivity index (χ4v) is 3.32. The van der Waals surface area contributed by atoms with Crippen LogP contribution in [0.5, 0.6) is 0 Å². The lowest BCUT2D eigenvalue weighted by atomic mass is 10.1. The van der Waals surface area contributed by atoms with Gasteiger partial charge < -0.3 is 9.74 Å². The fraction of sp³-hybridized carbons (Fsp3) is 0.412. The number of hydrogen-bond donors (Lipinski definition) is 0. The number of carbonyl (C=O) groups excluding carboxylic acids is 1. The van der Waals surface area contributed by atoms with Gasteiger partial charge in [-0.3, -0.25) is 9.78 Å². The summed E-state index contributed by atoms with van der Waals surface area (Å²) in [5, 5.41) is 7.29. The van der Waals surface area contributed by atoms with Crippen LogP contribution in [-0.2, 0) is 18.1 Å². The largest absolute Gasteiger partial charge is 0.436 e. The molecular formula is C17H15Cl2F4N5O2. The van der Waals surface area contributed by atoms with Gasteiger partial charge in [0.05, 0.1) is 16.6 Å². The van der Waals surface area contributed by atoms with Crippen molar-refractivity contribution >= 4 is 34.8 Å². The third-order valence-corrected chi connectivity index (χ3v) is 4.81. The lowest BCUT2D eigenvalue weighted by molar-refractivity contribution is -0.141. The first-order valence-electron chi connectivity index (χ1n) is 8.56. The zero-order chi connectivity index (χ0) is 22.2. The molecular weight excluding hydrogens is 453 g/mol. The molecule has 30 heavy (non-hydrogen) atoms. The molecule has 0 unspecified atom stereocenters. The van der Waals surface area contributed by atoms with Crippen molar-refractivity contribution in [2.45, 2.75) is 25.1 Å². The van der Waals surface area contributed by atoms with Gasteiger partial charge in [-0.25, -0.2) is 4.68 Å². The van der Waals surface area contributed by atoms with Gasteiger partial charge in [-0.05, 0) is 18.9 Å². The number of hydrogen-bond acceptors (Lipinski definition) is 5. The Kier molecular flexibility index (Phi) is 6.23. The van der Waals surface area contributed by atoms with Gasteiger partial charge in [0.25, 0.3) is 5.91 Å². The lowest BCUT2D eigenvalue weighted by Gasteiger charge is -2.23. The summed E-state index contributed by atoms with van der Waals surface area (Å²) in [4.78, 5) is 22.9. The predicted octanol–water partition coefficient (Wildman–Crippen LogP) is 3.94. The second-order valence-corrected chi connectivity index (χ2v) is 7.35. The molecule has 0 N–H and O–H groups in total. The van der Waals surface area contributed by atoms with E-state index in [1.54, 1.807) is 0 Å². The van der Waals surface area contributed by atoms with E-state index in [-0.39, 0.29) is 28.0 Å². The Morgan fingerprint density at radius 1 is 1.40 bits per heavy atom. The molecule has 0 spiro atoms. The average Bonchev–Trinajstić information content (AvgIpc) is 3.43. The van der Waals surface area contributed by atoms with E-state index in [2.05, 4.69) is 15.2 Å². The first-order valence-corrected chi connectivity index (χ1v) is 9.32. The molecule has 2 heterocycles. The Hall–Kier alpha value is -2.40. The molecule has 1 aliphatic rings. The molecule has 2 aromatic rings. The van der Waals surface area contributed by atoms with Crippen molar-refractivity contribution in [2.75, 3.05) is 13.7 Å². The van der Waals surface area contributed by atoms with E-state index in [4.69, 9.17) is 28.0 Å². The fourth-order valence-electron chi connectivity index (χ4n) is 2.83. The molecule has 0 bridgehead atoms. The van der Waals surface area contributed by atoms with Crippen LogP contribution in [0.2, 0.25) is 10.0 Å². The Morgan fingerprint density at radius 3 is 2.60 bits per heavy atom. The molecule has 0 aliphatic heterocycles. The molecule has 2 aromatic heterocycles. The number of aromatic nitrogens is 3. The third kappa shape index (κ3) is 4.51. The van der Waals surface area contributed by atoms with Gasteiger partial charge in [0, 0.05) is 19.3 Å². The summed E-state index contributed by atoms with van der Waals surface area (Å²) in [5.74, 6) is -2.55. The summed E-state index contributed by atoms with van der Waals surface area (Å²) >= 11 is 12.0. The minimum absolute atomic E-state index is 0.0669. The molecule has 0 aromatic carbocycles. The number of oxime groups is 1. The van der Waals surface area contributed by atoms with Crippen LogP contribution < -0.4 is 0 Å². The lowest BCUT2D eigenvalue weighted by Crippen LogP contribution is -2.39. The number of amides is 1. The van der Waals surface area contributed by atoms with Crippen molar-refractivity contribution < 1.29 is 27.2 Å². The molecule has 1 aliphatic carbocycles. The number of pyridine rings is 1. The van der Waals surface area contributed by atoms with Crippen LogP contribution in [0.3, 0.4) is 0 Å². The van der Waals surface area contributed by atoms with Crippen LogP contribution in [0.1, 0.15) is 34.6 Å². The molecule has 13 heteroatoms. The van der Waals surface area contributed by atoms with Gasteiger partial charge in [0.15, 0.2) is 5.69 Å². The maximum absolute atomic E-state index is 14.4. The number of halogens is 6. The van der Waals surface area contributed by atoms with Crippen LogP contribution >= 0.6 is 23.2 Å².